The van der Waals surface area contributed by atoms with Gasteiger partial charge in [-0.15, -0.1) is 0 Å². The number of nitrogens with one attached hydrogen (secondary N) is 1. The van der Waals surface area contributed by atoms with Crippen molar-refractivity contribution in [1.29, 1.82) is 0 Å². The van der Waals surface area contributed by atoms with E-state index < -0.39 is 16.6 Å². The van der Waals surface area contributed by atoms with E-state index in [-0.39, 0.29) is 5.69 Å². The zero-order valence-corrected chi connectivity index (χ0v) is 12.7. The summed E-state index contributed by atoms with van der Waals surface area (Å²) in [4.78, 5) is 10.6. The van der Waals surface area contributed by atoms with Gasteiger partial charge in [0.05, 0.1) is 11.0 Å². The number of benzene rings is 2. The smallest absolute Gasteiger partial charge is 0.273 e. The van der Waals surface area contributed by atoms with Crippen LogP contribution in [0.25, 0.3) is 0 Å². The molecule has 2 aromatic rings. The van der Waals surface area contributed by atoms with E-state index in [2.05, 4.69) is 5.32 Å². The zero-order valence-electron chi connectivity index (χ0n) is 12.7. The van der Waals surface area contributed by atoms with E-state index in [1.165, 1.54) is 6.07 Å². The monoisotopic (exact) mass is 300 g/mol. The number of rotatable bonds is 6. The minimum Gasteiger partial charge on any atom is -0.387 e. The molecule has 0 spiro atoms. The number of aliphatic hydroxyl groups is 1. The number of hydrogen-bond acceptors (Lipinski definition) is 4. The van der Waals surface area contributed by atoms with Crippen molar-refractivity contribution in [2.45, 2.75) is 32.0 Å². The van der Waals surface area contributed by atoms with E-state index in [9.17, 15) is 15.2 Å². The van der Waals surface area contributed by atoms with Gasteiger partial charge in [-0.2, -0.15) is 0 Å². The number of aliphatic hydroxyl groups excluding tert-OH is 1. The van der Waals surface area contributed by atoms with Crippen molar-refractivity contribution in [3.63, 3.8) is 0 Å². The summed E-state index contributed by atoms with van der Waals surface area (Å²) in [5, 5.41) is 24.8. The highest BCUT2D eigenvalue weighted by molar-refractivity contribution is 5.39. The van der Waals surface area contributed by atoms with E-state index in [0.29, 0.717) is 12.1 Å². The maximum atomic E-state index is 11.0. The van der Waals surface area contributed by atoms with Crippen LogP contribution in [0.4, 0.5) is 5.69 Å². The Kier molecular flexibility index (Phi) is 4.90. The Morgan fingerprint density at radius 1 is 1.14 bits per heavy atom. The van der Waals surface area contributed by atoms with Crippen LogP contribution >= 0.6 is 0 Å². The van der Waals surface area contributed by atoms with Crippen molar-refractivity contribution in [3.8, 4) is 0 Å². The summed E-state index contributed by atoms with van der Waals surface area (Å²) in [6, 6.07) is 16.0. The quantitative estimate of drug-likeness (QED) is 0.634. The molecule has 0 radical (unpaired) electrons. The van der Waals surface area contributed by atoms with Gasteiger partial charge < -0.3 is 10.4 Å². The number of nitro groups is 1. The number of hydrogen-bond donors (Lipinski definition) is 2. The second kappa shape index (κ2) is 6.68. The molecular weight excluding hydrogens is 280 g/mol. The summed E-state index contributed by atoms with van der Waals surface area (Å²) < 4.78 is 0. The zero-order chi connectivity index (χ0) is 16.2. The molecule has 0 bridgehead atoms. The molecule has 0 heterocycles. The summed E-state index contributed by atoms with van der Waals surface area (Å²) in [6.07, 6.45) is -0.712. The second-order valence-electron chi connectivity index (χ2n) is 5.77. The van der Waals surface area contributed by atoms with Gasteiger partial charge in [0.1, 0.15) is 0 Å². The fraction of sp³-hybridized carbons (Fsp3) is 0.294. The Morgan fingerprint density at radius 2 is 1.73 bits per heavy atom. The molecule has 22 heavy (non-hydrogen) atoms. The van der Waals surface area contributed by atoms with Crippen LogP contribution in [0.1, 0.15) is 31.1 Å². The molecule has 0 amide bonds. The van der Waals surface area contributed by atoms with Crippen LogP contribution in [0.2, 0.25) is 0 Å². The molecule has 0 fully saturated rings. The van der Waals surface area contributed by atoms with Gasteiger partial charge in [-0.3, -0.25) is 10.1 Å². The van der Waals surface area contributed by atoms with Crippen molar-refractivity contribution in [3.05, 3.63) is 75.8 Å². The molecule has 1 atom stereocenters. The molecule has 116 valence electrons. The third-order valence-corrected chi connectivity index (χ3v) is 3.72. The number of nitro benzene ring substituents is 1. The molecule has 2 rings (SSSR count). The molecule has 1 unspecified atom stereocenters. The minimum atomic E-state index is -0.712. The Bertz CT molecular complexity index is 641. The predicted octanol–water partition coefficient (Wildman–Crippen LogP) is 3.20. The molecule has 0 aromatic heterocycles. The van der Waals surface area contributed by atoms with Gasteiger partial charge in [0.2, 0.25) is 0 Å². The normalized spacial score (nSPS) is 12.9. The van der Waals surface area contributed by atoms with E-state index in [4.69, 9.17) is 0 Å². The minimum absolute atomic E-state index is 0.0833. The van der Waals surface area contributed by atoms with Gasteiger partial charge >= 0.3 is 0 Å². The summed E-state index contributed by atoms with van der Waals surface area (Å²) in [6.45, 7) is 4.06. The van der Waals surface area contributed by atoms with Crippen molar-refractivity contribution in [2.75, 3.05) is 0 Å². The van der Waals surface area contributed by atoms with Gasteiger partial charge in [-0.05, 0) is 19.4 Å². The van der Waals surface area contributed by atoms with Crippen LogP contribution in [0.3, 0.4) is 0 Å². The molecule has 0 saturated carbocycles. The lowest BCUT2D eigenvalue weighted by molar-refractivity contribution is -0.385. The fourth-order valence-electron chi connectivity index (χ4n) is 2.31. The van der Waals surface area contributed by atoms with Crippen LogP contribution in [0.5, 0.6) is 0 Å². The molecular formula is C17H20N2O3. The average molecular weight is 300 g/mol. The molecule has 2 aromatic carbocycles. The largest absolute Gasteiger partial charge is 0.387 e. The van der Waals surface area contributed by atoms with Crippen LogP contribution in [-0.4, -0.2) is 15.6 Å². The Hall–Kier alpha value is -2.24. The third kappa shape index (κ3) is 3.69. The summed E-state index contributed by atoms with van der Waals surface area (Å²) in [7, 11) is 0. The summed E-state index contributed by atoms with van der Waals surface area (Å²) in [5.41, 5.74) is 0.869. The van der Waals surface area contributed by atoms with Crippen LogP contribution in [0, 0.1) is 10.1 Å². The first kappa shape index (κ1) is 16.1. The Balaban J connectivity index is 2.12. The standard InChI is InChI=1S/C17H20N2O3/c1-17(2,16(20)13-8-4-3-5-9-13)18-12-14-10-6-7-11-15(14)19(21)22/h3-11,16,18,20H,12H2,1-2H3. The first-order valence-corrected chi connectivity index (χ1v) is 7.12. The topological polar surface area (TPSA) is 75.4 Å². The highest BCUT2D eigenvalue weighted by Gasteiger charge is 2.29. The molecule has 5 heteroatoms. The van der Waals surface area contributed by atoms with Crippen molar-refractivity contribution in [2.24, 2.45) is 0 Å². The van der Waals surface area contributed by atoms with Crippen LogP contribution in [-0.2, 0) is 6.54 Å². The average Bonchev–Trinajstić information content (AvgIpc) is 2.53. The Morgan fingerprint density at radius 3 is 2.36 bits per heavy atom. The highest BCUT2D eigenvalue weighted by Crippen LogP contribution is 2.26. The van der Waals surface area contributed by atoms with Crippen LogP contribution < -0.4 is 5.32 Å². The summed E-state index contributed by atoms with van der Waals surface area (Å²) >= 11 is 0. The number of para-hydroxylation sites is 1. The van der Waals surface area contributed by atoms with E-state index in [1.807, 2.05) is 44.2 Å². The SMILES string of the molecule is CC(C)(NCc1ccccc1[N+](=O)[O-])C(O)c1ccccc1. The van der Waals surface area contributed by atoms with E-state index in [0.717, 1.165) is 5.56 Å². The Labute approximate surface area is 129 Å². The van der Waals surface area contributed by atoms with Crippen molar-refractivity contribution < 1.29 is 10.0 Å². The lowest BCUT2D eigenvalue weighted by Crippen LogP contribution is -2.44. The molecule has 2 N–H and O–H groups in total. The molecule has 0 aliphatic heterocycles. The maximum Gasteiger partial charge on any atom is 0.273 e. The van der Waals surface area contributed by atoms with Gasteiger partial charge in [0.15, 0.2) is 0 Å². The highest BCUT2D eigenvalue weighted by atomic mass is 16.6. The maximum absolute atomic E-state index is 11.0. The van der Waals surface area contributed by atoms with Gasteiger partial charge in [-0.25, -0.2) is 0 Å². The first-order chi connectivity index (χ1) is 10.4. The van der Waals surface area contributed by atoms with Crippen molar-refractivity contribution in [1.82, 2.24) is 5.32 Å². The summed E-state index contributed by atoms with van der Waals surface area (Å²) in [5.74, 6) is 0. The van der Waals surface area contributed by atoms with E-state index >= 15 is 0 Å². The van der Waals surface area contributed by atoms with Gasteiger partial charge in [0.25, 0.3) is 5.69 Å². The number of nitrogens with zero attached hydrogens (tertiary/aromatic N) is 1. The lowest BCUT2D eigenvalue weighted by atomic mass is 9.91. The predicted molar refractivity (Wildman–Crippen MR) is 85.4 cm³/mol. The third-order valence-electron chi connectivity index (χ3n) is 3.72. The van der Waals surface area contributed by atoms with E-state index in [1.54, 1.807) is 18.2 Å². The molecule has 0 saturated heterocycles. The first-order valence-electron chi connectivity index (χ1n) is 7.12. The van der Waals surface area contributed by atoms with Crippen LogP contribution in [0.15, 0.2) is 54.6 Å². The fourth-order valence-corrected chi connectivity index (χ4v) is 2.31. The molecule has 0 aliphatic carbocycles. The molecule has 0 aliphatic rings. The lowest BCUT2D eigenvalue weighted by Gasteiger charge is -2.32. The van der Waals surface area contributed by atoms with Gasteiger partial charge in [0, 0.05) is 23.7 Å². The molecule has 5 nitrogen and oxygen atoms in total. The van der Waals surface area contributed by atoms with Gasteiger partial charge in [-0.1, -0.05) is 48.5 Å². The second-order valence-corrected chi connectivity index (χ2v) is 5.77. The van der Waals surface area contributed by atoms with Crippen molar-refractivity contribution >= 4 is 5.69 Å².